The van der Waals surface area contributed by atoms with Gasteiger partial charge < -0.3 is 9.88 Å². The molecule has 2 unspecified atom stereocenters. The van der Waals surface area contributed by atoms with Crippen LogP contribution >= 0.6 is 0 Å². The van der Waals surface area contributed by atoms with Gasteiger partial charge in [-0.1, -0.05) is 44.7 Å². The van der Waals surface area contributed by atoms with Gasteiger partial charge in [0.25, 0.3) is 0 Å². The normalized spacial score (nSPS) is 21.8. The third-order valence-electron chi connectivity index (χ3n) is 6.37. The summed E-state index contributed by atoms with van der Waals surface area (Å²) in [5, 5.41) is 8.37. The molecular formula is C25H33N3O. The number of hydrogen-bond donors (Lipinski definition) is 2. The van der Waals surface area contributed by atoms with E-state index in [1.807, 2.05) is 6.92 Å². The number of carbonyl (C=O) groups excluding carboxylic acids is 1. The van der Waals surface area contributed by atoms with Crippen LogP contribution in [0.25, 0.3) is 10.9 Å². The van der Waals surface area contributed by atoms with Crippen LogP contribution in [0.3, 0.4) is 0 Å². The summed E-state index contributed by atoms with van der Waals surface area (Å²) in [6, 6.07) is 6.91. The smallest absolute Gasteiger partial charge is 0.237 e. The van der Waals surface area contributed by atoms with Gasteiger partial charge >= 0.3 is 0 Å². The highest BCUT2D eigenvalue weighted by Gasteiger charge is 2.32. The summed E-state index contributed by atoms with van der Waals surface area (Å²) in [6.07, 6.45) is 8.65. The summed E-state index contributed by atoms with van der Waals surface area (Å²) >= 11 is 0. The van der Waals surface area contributed by atoms with Gasteiger partial charge in [-0.25, -0.2) is 0 Å². The second-order valence-electron chi connectivity index (χ2n) is 9.05. The fourth-order valence-corrected chi connectivity index (χ4v) is 5.03. The minimum absolute atomic E-state index is 0.160. The number of rotatable bonds is 5. The van der Waals surface area contributed by atoms with Gasteiger partial charge in [-0.05, 0) is 55.7 Å². The molecule has 1 saturated carbocycles. The van der Waals surface area contributed by atoms with Crippen molar-refractivity contribution in [3.8, 4) is 11.8 Å². The quantitative estimate of drug-likeness (QED) is 0.746. The largest absolute Gasteiger partial charge is 0.352 e. The summed E-state index contributed by atoms with van der Waals surface area (Å²) in [5.74, 6) is 6.91. The molecule has 154 valence electrons. The predicted octanol–water partition coefficient (Wildman–Crippen LogP) is 4.32. The van der Waals surface area contributed by atoms with Gasteiger partial charge in [0.05, 0.1) is 12.6 Å². The molecule has 29 heavy (non-hydrogen) atoms. The lowest BCUT2D eigenvalue weighted by atomic mass is 9.94. The minimum atomic E-state index is -0.192. The number of aromatic nitrogens is 1. The van der Waals surface area contributed by atoms with Crippen molar-refractivity contribution in [2.24, 2.45) is 5.92 Å². The Morgan fingerprint density at radius 3 is 2.83 bits per heavy atom. The molecule has 4 heteroatoms. The number of carbonyl (C=O) groups is 1. The molecule has 1 fully saturated rings. The zero-order chi connectivity index (χ0) is 20.4. The fourth-order valence-electron chi connectivity index (χ4n) is 5.03. The van der Waals surface area contributed by atoms with E-state index in [2.05, 4.69) is 65.3 Å². The van der Waals surface area contributed by atoms with Crippen molar-refractivity contribution in [3.63, 3.8) is 0 Å². The van der Waals surface area contributed by atoms with E-state index in [0.29, 0.717) is 18.5 Å². The number of hydrogen-bond acceptors (Lipinski definition) is 2. The highest BCUT2D eigenvalue weighted by molar-refractivity contribution is 5.90. The second kappa shape index (κ2) is 8.63. The van der Waals surface area contributed by atoms with E-state index in [0.717, 1.165) is 25.7 Å². The second-order valence-corrected chi connectivity index (χ2v) is 9.05. The van der Waals surface area contributed by atoms with Crippen molar-refractivity contribution >= 4 is 16.8 Å². The standard InChI is InChI=1S/C25H33N3O/c1-4-5-13-28-16-18-15-22(25(29)26-19-9-6-7-10-19)27-21(14-17(2)3)20-11-8-12-23(28)24(18)20/h8,11-12,16-17,19,21-22,27H,6-7,9-10,13-15H2,1-3H3,(H,26,29). The summed E-state index contributed by atoms with van der Waals surface area (Å²) < 4.78 is 2.24. The first kappa shape index (κ1) is 20.0. The first-order valence-electron chi connectivity index (χ1n) is 11.1. The van der Waals surface area contributed by atoms with Crippen LogP contribution < -0.4 is 10.6 Å². The Bertz CT molecular complexity index is 940. The third-order valence-corrected chi connectivity index (χ3v) is 6.37. The van der Waals surface area contributed by atoms with Crippen LogP contribution in [0.15, 0.2) is 24.4 Å². The van der Waals surface area contributed by atoms with Crippen LogP contribution in [0.1, 0.15) is 70.0 Å². The average Bonchev–Trinajstić information content (AvgIpc) is 3.29. The number of nitrogens with zero attached hydrogens (tertiary/aromatic N) is 1. The Balaban J connectivity index is 1.71. The highest BCUT2D eigenvalue weighted by Crippen LogP contribution is 2.35. The summed E-state index contributed by atoms with van der Waals surface area (Å²) in [7, 11) is 0. The summed E-state index contributed by atoms with van der Waals surface area (Å²) in [5.41, 5.74) is 3.82. The molecule has 2 aliphatic rings. The maximum Gasteiger partial charge on any atom is 0.237 e. The Kier molecular flexibility index (Phi) is 5.96. The van der Waals surface area contributed by atoms with Gasteiger partial charge in [0.15, 0.2) is 0 Å². The van der Waals surface area contributed by atoms with Crippen LogP contribution in [0.4, 0.5) is 0 Å². The van der Waals surface area contributed by atoms with E-state index in [4.69, 9.17) is 0 Å². The van der Waals surface area contributed by atoms with Gasteiger partial charge in [-0.15, -0.1) is 5.92 Å². The Hall–Kier alpha value is -2.25. The number of amides is 1. The van der Waals surface area contributed by atoms with Crippen molar-refractivity contribution in [1.82, 2.24) is 15.2 Å². The zero-order valence-electron chi connectivity index (χ0n) is 17.9. The topological polar surface area (TPSA) is 46.1 Å². The monoisotopic (exact) mass is 391 g/mol. The molecule has 4 rings (SSSR count). The average molecular weight is 392 g/mol. The number of nitrogens with one attached hydrogen (secondary N) is 2. The number of benzene rings is 1. The fraction of sp³-hybridized carbons (Fsp3) is 0.560. The van der Waals surface area contributed by atoms with Gasteiger partial charge in [0.1, 0.15) is 0 Å². The Morgan fingerprint density at radius 1 is 1.31 bits per heavy atom. The van der Waals surface area contributed by atoms with Crippen LogP contribution in [0, 0.1) is 17.8 Å². The predicted molar refractivity (Wildman–Crippen MR) is 119 cm³/mol. The molecule has 1 aliphatic heterocycles. The van der Waals surface area contributed by atoms with E-state index < -0.39 is 0 Å². The lowest BCUT2D eigenvalue weighted by Gasteiger charge is -2.26. The lowest BCUT2D eigenvalue weighted by molar-refractivity contribution is -0.124. The molecule has 1 aromatic carbocycles. The van der Waals surface area contributed by atoms with Gasteiger partial charge in [-0.2, -0.15) is 0 Å². The van der Waals surface area contributed by atoms with Crippen molar-refractivity contribution in [1.29, 1.82) is 0 Å². The van der Waals surface area contributed by atoms with Gasteiger partial charge in [0, 0.05) is 29.2 Å². The molecule has 0 spiro atoms. The van der Waals surface area contributed by atoms with E-state index >= 15 is 0 Å². The minimum Gasteiger partial charge on any atom is -0.352 e. The molecule has 1 aromatic heterocycles. The van der Waals surface area contributed by atoms with Gasteiger partial charge in [0.2, 0.25) is 5.91 Å². The molecule has 0 radical (unpaired) electrons. The van der Waals surface area contributed by atoms with Crippen LogP contribution in [-0.2, 0) is 17.8 Å². The third kappa shape index (κ3) is 4.21. The molecule has 1 amide bonds. The maximum absolute atomic E-state index is 13.2. The van der Waals surface area contributed by atoms with Crippen molar-refractivity contribution in [2.75, 3.05) is 0 Å². The van der Waals surface area contributed by atoms with E-state index in [-0.39, 0.29) is 18.0 Å². The van der Waals surface area contributed by atoms with Crippen molar-refractivity contribution in [2.45, 2.75) is 84.0 Å². The van der Waals surface area contributed by atoms with Gasteiger partial charge in [-0.3, -0.25) is 10.1 Å². The molecule has 2 aromatic rings. The SMILES string of the molecule is CC#CCn1cc2c3c(cccc31)C(CC(C)C)NC(C(=O)NC1CCCC1)C2. The van der Waals surface area contributed by atoms with Crippen LogP contribution in [0.2, 0.25) is 0 Å². The molecular weight excluding hydrogens is 358 g/mol. The maximum atomic E-state index is 13.2. The highest BCUT2D eigenvalue weighted by atomic mass is 16.2. The molecule has 1 aliphatic carbocycles. The first-order valence-corrected chi connectivity index (χ1v) is 11.1. The first-order chi connectivity index (χ1) is 14.1. The molecule has 2 heterocycles. The van der Waals surface area contributed by atoms with Crippen LogP contribution in [-0.4, -0.2) is 22.6 Å². The van der Waals surface area contributed by atoms with Crippen LogP contribution in [0.5, 0.6) is 0 Å². The Morgan fingerprint density at radius 2 is 2.10 bits per heavy atom. The molecule has 2 atom stereocenters. The van der Waals surface area contributed by atoms with E-state index in [1.54, 1.807) is 0 Å². The van der Waals surface area contributed by atoms with Crippen molar-refractivity contribution < 1.29 is 4.79 Å². The Labute approximate surface area is 174 Å². The zero-order valence-corrected chi connectivity index (χ0v) is 17.9. The van der Waals surface area contributed by atoms with E-state index in [1.165, 1.54) is 34.9 Å². The molecule has 0 saturated heterocycles. The lowest BCUT2D eigenvalue weighted by Crippen LogP contribution is -2.49. The molecule has 4 nitrogen and oxygen atoms in total. The van der Waals surface area contributed by atoms with Crippen molar-refractivity contribution in [3.05, 3.63) is 35.5 Å². The molecule has 2 N–H and O–H groups in total. The van der Waals surface area contributed by atoms with E-state index in [9.17, 15) is 4.79 Å². The molecule has 0 bridgehead atoms. The summed E-state index contributed by atoms with van der Waals surface area (Å²) in [4.78, 5) is 13.2. The summed E-state index contributed by atoms with van der Waals surface area (Å²) in [6.45, 7) is 7.08.